The number of halogens is 1. The summed E-state index contributed by atoms with van der Waals surface area (Å²) in [7, 11) is 0. The molecule has 1 aliphatic carbocycles. The average molecular weight is 297 g/mol. The average Bonchev–Trinajstić information content (AvgIpc) is 3.11. The van der Waals surface area contributed by atoms with Crippen LogP contribution in [0.4, 0.5) is 0 Å². The van der Waals surface area contributed by atoms with Crippen LogP contribution >= 0.6 is 15.9 Å². The molecular formula is C14H21BrN2. The molecule has 0 amide bonds. The minimum Gasteiger partial charge on any atom is -0.314 e. The highest BCUT2D eigenvalue weighted by atomic mass is 79.9. The van der Waals surface area contributed by atoms with Crippen LogP contribution in [0, 0.1) is 11.8 Å². The van der Waals surface area contributed by atoms with Crippen molar-refractivity contribution in [2.75, 3.05) is 6.54 Å². The van der Waals surface area contributed by atoms with Crippen LogP contribution in [0.15, 0.2) is 22.9 Å². The van der Waals surface area contributed by atoms with Gasteiger partial charge in [-0.05, 0) is 65.2 Å². The number of likely N-dealkylation sites (N-methyl/N-ethyl adjacent to an activating group) is 1. The van der Waals surface area contributed by atoms with Gasteiger partial charge in [0.15, 0.2) is 0 Å². The third-order valence-corrected chi connectivity index (χ3v) is 4.12. The molecule has 0 radical (unpaired) electrons. The van der Waals surface area contributed by atoms with Gasteiger partial charge in [0.25, 0.3) is 0 Å². The molecule has 17 heavy (non-hydrogen) atoms. The van der Waals surface area contributed by atoms with E-state index in [1.54, 1.807) is 0 Å². The fourth-order valence-electron chi connectivity index (χ4n) is 2.48. The molecule has 1 aromatic rings. The second-order valence-electron chi connectivity index (χ2n) is 5.08. The fourth-order valence-corrected chi connectivity index (χ4v) is 2.89. The third kappa shape index (κ3) is 3.78. The Hall–Kier alpha value is -0.410. The Bertz CT molecular complexity index is 363. The van der Waals surface area contributed by atoms with Crippen LogP contribution in [0.2, 0.25) is 0 Å². The lowest BCUT2D eigenvalue weighted by molar-refractivity contribution is 0.344. The van der Waals surface area contributed by atoms with Crippen molar-refractivity contribution >= 4 is 15.9 Å². The molecule has 2 rings (SSSR count). The maximum atomic E-state index is 4.24. The number of pyridine rings is 1. The topological polar surface area (TPSA) is 24.9 Å². The highest BCUT2D eigenvalue weighted by Gasteiger charge is 2.32. The minimum absolute atomic E-state index is 0.587. The summed E-state index contributed by atoms with van der Waals surface area (Å²) in [4.78, 5) is 4.24. The van der Waals surface area contributed by atoms with Crippen molar-refractivity contribution in [1.29, 1.82) is 0 Å². The van der Waals surface area contributed by atoms with Gasteiger partial charge in [0.2, 0.25) is 0 Å². The van der Waals surface area contributed by atoms with Crippen LogP contribution in [0.5, 0.6) is 0 Å². The van der Waals surface area contributed by atoms with E-state index in [4.69, 9.17) is 0 Å². The maximum Gasteiger partial charge on any atom is 0.0410 e. The molecular weight excluding hydrogens is 276 g/mol. The van der Waals surface area contributed by atoms with Crippen LogP contribution in [-0.4, -0.2) is 17.6 Å². The van der Waals surface area contributed by atoms with Crippen LogP contribution in [0.1, 0.15) is 32.3 Å². The fraction of sp³-hybridized carbons (Fsp3) is 0.643. The van der Waals surface area contributed by atoms with E-state index in [0.29, 0.717) is 6.04 Å². The van der Waals surface area contributed by atoms with Crippen LogP contribution in [0.3, 0.4) is 0 Å². The number of rotatable bonds is 6. The summed E-state index contributed by atoms with van der Waals surface area (Å²) in [6, 6.07) is 2.76. The molecule has 1 saturated carbocycles. The predicted octanol–water partition coefficient (Wildman–Crippen LogP) is 3.41. The van der Waals surface area contributed by atoms with Crippen LogP contribution < -0.4 is 5.32 Å². The molecule has 3 heteroatoms. The van der Waals surface area contributed by atoms with Gasteiger partial charge in [0, 0.05) is 22.9 Å². The molecule has 0 aliphatic heterocycles. The highest BCUT2D eigenvalue weighted by Crippen LogP contribution is 2.38. The van der Waals surface area contributed by atoms with Crippen LogP contribution in [-0.2, 0) is 6.42 Å². The van der Waals surface area contributed by atoms with E-state index < -0.39 is 0 Å². The van der Waals surface area contributed by atoms with Gasteiger partial charge in [-0.15, -0.1) is 0 Å². The number of aromatic nitrogens is 1. The van der Waals surface area contributed by atoms with Crippen molar-refractivity contribution in [2.24, 2.45) is 11.8 Å². The van der Waals surface area contributed by atoms with Gasteiger partial charge in [-0.1, -0.05) is 13.8 Å². The summed E-state index contributed by atoms with van der Waals surface area (Å²) in [5.74, 6) is 1.72. The molecule has 1 N–H and O–H groups in total. The zero-order valence-corrected chi connectivity index (χ0v) is 12.2. The number of hydrogen-bond acceptors (Lipinski definition) is 2. The van der Waals surface area contributed by atoms with E-state index in [1.807, 2.05) is 12.4 Å². The van der Waals surface area contributed by atoms with Gasteiger partial charge in [-0.25, -0.2) is 0 Å². The molecule has 1 aromatic heterocycles. The maximum absolute atomic E-state index is 4.24. The van der Waals surface area contributed by atoms with Crippen molar-refractivity contribution < 1.29 is 0 Å². The van der Waals surface area contributed by atoms with E-state index in [2.05, 4.69) is 46.1 Å². The van der Waals surface area contributed by atoms with Crippen molar-refractivity contribution in [3.63, 3.8) is 0 Å². The first-order chi connectivity index (χ1) is 8.20. The van der Waals surface area contributed by atoms with Crippen molar-refractivity contribution in [3.8, 4) is 0 Å². The van der Waals surface area contributed by atoms with Gasteiger partial charge in [0.1, 0.15) is 0 Å². The van der Waals surface area contributed by atoms with Gasteiger partial charge in [0.05, 0.1) is 0 Å². The Morgan fingerprint density at radius 3 is 2.82 bits per heavy atom. The summed E-state index contributed by atoms with van der Waals surface area (Å²) >= 11 is 3.49. The molecule has 0 bridgehead atoms. The van der Waals surface area contributed by atoms with Gasteiger partial charge >= 0.3 is 0 Å². The Kier molecular flexibility index (Phi) is 4.57. The highest BCUT2D eigenvalue weighted by molar-refractivity contribution is 9.10. The third-order valence-electron chi connectivity index (χ3n) is 3.68. The summed E-state index contributed by atoms with van der Waals surface area (Å²) in [5.41, 5.74) is 1.32. The summed E-state index contributed by atoms with van der Waals surface area (Å²) in [5, 5.41) is 3.63. The Morgan fingerprint density at radius 2 is 2.24 bits per heavy atom. The quantitative estimate of drug-likeness (QED) is 0.870. The second kappa shape index (κ2) is 5.96. The first-order valence-corrected chi connectivity index (χ1v) is 7.32. The molecule has 1 aliphatic rings. The molecule has 0 spiro atoms. The Labute approximate surface area is 112 Å². The smallest absolute Gasteiger partial charge is 0.0410 e. The monoisotopic (exact) mass is 296 g/mol. The SMILES string of the molecule is CCNC(Cc1cncc(Br)c1)C(C)C1CC1. The van der Waals surface area contributed by atoms with Crippen molar-refractivity contribution in [2.45, 2.75) is 39.2 Å². The van der Waals surface area contributed by atoms with E-state index in [1.165, 1.54) is 18.4 Å². The Balaban J connectivity index is 2.01. The zero-order chi connectivity index (χ0) is 12.3. The zero-order valence-electron chi connectivity index (χ0n) is 10.6. The largest absolute Gasteiger partial charge is 0.314 e. The molecule has 1 heterocycles. The predicted molar refractivity (Wildman–Crippen MR) is 75.0 cm³/mol. The van der Waals surface area contributed by atoms with E-state index >= 15 is 0 Å². The normalized spacial score (nSPS) is 19.0. The lowest BCUT2D eigenvalue weighted by Gasteiger charge is -2.24. The first kappa shape index (κ1) is 13.0. The molecule has 0 saturated heterocycles. The summed E-state index contributed by atoms with van der Waals surface area (Å²) in [6.07, 6.45) is 7.74. The molecule has 1 fully saturated rings. The molecule has 2 unspecified atom stereocenters. The minimum atomic E-state index is 0.587. The first-order valence-electron chi connectivity index (χ1n) is 6.53. The molecule has 0 aromatic carbocycles. The van der Waals surface area contributed by atoms with E-state index in [9.17, 15) is 0 Å². The van der Waals surface area contributed by atoms with Gasteiger partial charge < -0.3 is 5.32 Å². The summed E-state index contributed by atoms with van der Waals surface area (Å²) in [6.45, 7) is 5.62. The number of hydrogen-bond donors (Lipinski definition) is 1. The molecule has 2 atom stereocenters. The lowest BCUT2D eigenvalue weighted by Crippen LogP contribution is -2.37. The van der Waals surface area contributed by atoms with Crippen LogP contribution in [0.25, 0.3) is 0 Å². The van der Waals surface area contributed by atoms with E-state index in [-0.39, 0.29) is 0 Å². The number of nitrogens with one attached hydrogen (secondary N) is 1. The lowest BCUT2D eigenvalue weighted by atomic mass is 9.91. The molecule has 2 nitrogen and oxygen atoms in total. The van der Waals surface area contributed by atoms with Gasteiger partial charge in [-0.2, -0.15) is 0 Å². The van der Waals surface area contributed by atoms with Gasteiger partial charge in [-0.3, -0.25) is 4.98 Å². The number of nitrogens with zero attached hydrogens (tertiary/aromatic N) is 1. The van der Waals surface area contributed by atoms with E-state index in [0.717, 1.165) is 29.3 Å². The standard InChI is InChI=1S/C14H21BrN2/c1-3-17-14(10(2)12-4-5-12)7-11-6-13(15)9-16-8-11/h6,8-10,12,14,17H,3-5,7H2,1-2H3. The second-order valence-corrected chi connectivity index (χ2v) is 5.99. The molecule has 94 valence electrons. The van der Waals surface area contributed by atoms with Crippen molar-refractivity contribution in [3.05, 3.63) is 28.5 Å². The Morgan fingerprint density at radius 1 is 1.47 bits per heavy atom. The summed E-state index contributed by atoms with van der Waals surface area (Å²) < 4.78 is 1.07. The van der Waals surface area contributed by atoms with Crippen molar-refractivity contribution in [1.82, 2.24) is 10.3 Å².